The summed E-state index contributed by atoms with van der Waals surface area (Å²) in [6, 6.07) is 36.2. The third-order valence-electron chi connectivity index (χ3n) is 9.08. The molecule has 1 aliphatic heterocycles. The number of aryl methyl sites for hydroxylation is 4. The molecule has 4 aromatic carbocycles. The number of aromatic nitrogens is 3. The van der Waals surface area contributed by atoms with E-state index in [0.29, 0.717) is 5.56 Å². The smallest absolute Gasteiger partial charge is 0.657 e. The average Bonchev–Trinajstić information content (AvgIpc) is 3.67. The quantitative estimate of drug-likeness (QED) is 0.166. The van der Waals surface area contributed by atoms with Gasteiger partial charge in [0, 0.05) is 23.8 Å². The van der Waals surface area contributed by atoms with Crippen LogP contribution in [0.2, 0.25) is 0 Å². The number of pyridine rings is 2. The van der Waals surface area contributed by atoms with Gasteiger partial charge >= 0.3 is 21.1 Å². The molecule has 8 rings (SSSR count). The Morgan fingerprint density at radius 1 is 0.865 bits per heavy atom. The second-order valence-corrected chi connectivity index (χ2v) is 12.8. The zero-order valence-corrected chi connectivity index (χ0v) is 32.2. The molecule has 260 valence electrons. The van der Waals surface area contributed by atoms with Crippen LogP contribution in [0.1, 0.15) is 27.9 Å². The number of benzene rings is 4. The molecule has 0 aliphatic carbocycles. The molecule has 8 nitrogen and oxygen atoms in total. The van der Waals surface area contributed by atoms with Crippen molar-refractivity contribution in [2.24, 2.45) is 0 Å². The van der Waals surface area contributed by atoms with E-state index in [0.717, 1.165) is 61.6 Å². The molecule has 1 N–H and O–H groups in total. The topological polar surface area (TPSA) is 85.4 Å². The number of anilines is 5. The second-order valence-electron chi connectivity index (χ2n) is 12.8. The predicted molar refractivity (Wildman–Crippen MR) is 209 cm³/mol. The normalized spacial score (nSPS) is 11.8. The van der Waals surface area contributed by atoms with Gasteiger partial charge in [0.15, 0.2) is 0 Å². The molecule has 0 amide bonds. The first-order chi connectivity index (χ1) is 24.7. The summed E-state index contributed by atoms with van der Waals surface area (Å²) in [7, 11) is 4.05. The van der Waals surface area contributed by atoms with Gasteiger partial charge in [-0.15, -0.1) is 46.2 Å². The number of rotatable bonds is 6. The van der Waals surface area contributed by atoms with Gasteiger partial charge in [-0.1, -0.05) is 48.0 Å². The fourth-order valence-electron chi connectivity index (χ4n) is 6.79. The summed E-state index contributed by atoms with van der Waals surface area (Å²) in [6.45, 7) is 12.5. The van der Waals surface area contributed by atoms with Gasteiger partial charge in [-0.2, -0.15) is 18.6 Å². The van der Waals surface area contributed by atoms with Crippen LogP contribution in [0.5, 0.6) is 0 Å². The summed E-state index contributed by atoms with van der Waals surface area (Å²) in [5.74, 6) is 0.892. The second kappa shape index (κ2) is 15.3. The number of nitrogens with zero attached hydrogens (tertiary/aromatic N) is 7. The van der Waals surface area contributed by atoms with E-state index in [-0.39, 0.29) is 21.1 Å². The van der Waals surface area contributed by atoms with Gasteiger partial charge in [0.2, 0.25) is 0 Å². The fourth-order valence-corrected chi connectivity index (χ4v) is 6.79. The van der Waals surface area contributed by atoms with Gasteiger partial charge in [0.1, 0.15) is 5.82 Å². The number of nitrogens with one attached hydrogen (secondary N) is 1. The minimum absolute atomic E-state index is 0. The van der Waals surface area contributed by atoms with Gasteiger partial charge < -0.3 is 25.0 Å². The van der Waals surface area contributed by atoms with Crippen LogP contribution in [-0.2, 0) is 21.1 Å². The van der Waals surface area contributed by atoms with Crippen LogP contribution in [0, 0.1) is 58.4 Å². The Labute approximate surface area is 320 Å². The van der Waals surface area contributed by atoms with E-state index in [2.05, 4.69) is 106 Å². The van der Waals surface area contributed by atoms with E-state index in [1.54, 1.807) is 6.07 Å². The Morgan fingerprint density at radius 3 is 2.37 bits per heavy atom. The van der Waals surface area contributed by atoms with Gasteiger partial charge in [0.25, 0.3) is 0 Å². The van der Waals surface area contributed by atoms with Crippen molar-refractivity contribution in [1.29, 1.82) is 5.26 Å². The summed E-state index contributed by atoms with van der Waals surface area (Å²) < 4.78 is 0. The van der Waals surface area contributed by atoms with E-state index >= 15 is 0 Å². The van der Waals surface area contributed by atoms with Crippen LogP contribution in [-0.4, -0.2) is 24.1 Å². The van der Waals surface area contributed by atoms with Gasteiger partial charge in [0.05, 0.1) is 17.3 Å². The average molecular weight is 862 g/mol. The molecule has 7 aromatic rings. The van der Waals surface area contributed by atoms with Crippen LogP contribution in [0.25, 0.3) is 32.9 Å². The zero-order valence-electron chi connectivity index (χ0n) is 29.9. The third-order valence-corrected chi connectivity index (χ3v) is 9.08. The molecule has 0 saturated carbocycles. The van der Waals surface area contributed by atoms with E-state index in [4.69, 9.17) is 5.26 Å². The maximum Gasteiger partial charge on any atom is 4.00 e. The molecule has 1 aliphatic rings. The number of nitriles is 1. The molecule has 0 fully saturated rings. The van der Waals surface area contributed by atoms with Crippen LogP contribution in [0.3, 0.4) is 0 Å². The molecule has 0 radical (unpaired) electrons. The third kappa shape index (κ3) is 7.24. The summed E-state index contributed by atoms with van der Waals surface area (Å²) in [4.78, 5) is 19.8. The van der Waals surface area contributed by atoms with Crippen molar-refractivity contribution >= 4 is 50.4 Å². The van der Waals surface area contributed by atoms with Gasteiger partial charge in [-0.05, 0) is 106 Å². The molecule has 52 heavy (non-hydrogen) atoms. The first-order valence-corrected chi connectivity index (χ1v) is 16.8. The van der Waals surface area contributed by atoms with Crippen LogP contribution >= 0.6 is 0 Å². The standard InChI is InChI=1S/C30H31N6.C13H7N2.Pt/c1-20-13-21(2)29(22(3)14-20)24-15-25(33-18-34(5)27-9-7-11-31-23(27)4)17-26(16-24)36-19-35(6)28-10-8-12-32-30(28)36;14-8-9-5-6-13-11(7-9)10-3-1-2-4-12(10)15-13;/h7-16,18-19,33H,1-6H3;1-7H;/q-3;-1;+4. The molecule has 0 unspecified atom stereocenters. The first-order valence-electron chi connectivity index (χ1n) is 16.8. The zero-order chi connectivity index (χ0) is 35.6. The Morgan fingerprint density at radius 2 is 1.60 bits per heavy atom. The van der Waals surface area contributed by atoms with Crippen molar-refractivity contribution in [1.82, 2.24) is 15.0 Å². The molecular formula is C43H38N8Pt. The Kier molecular flexibility index (Phi) is 10.6. The number of para-hydroxylation sites is 1. The van der Waals surface area contributed by atoms with Crippen molar-refractivity contribution in [3.8, 4) is 17.2 Å². The summed E-state index contributed by atoms with van der Waals surface area (Å²) in [6.07, 6.45) is 3.64. The van der Waals surface area contributed by atoms with Crippen LogP contribution in [0.15, 0.2) is 103 Å². The monoisotopic (exact) mass is 861 g/mol. The van der Waals surface area contributed by atoms with E-state index in [9.17, 15) is 0 Å². The minimum Gasteiger partial charge on any atom is -0.657 e. The van der Waals surface area contributed by atoms with E-state index in [1.165, 1.54) is 22.3 Å². The van der Waals surface area contributed by atoms with Crippen molar-refractivity contribution in [3.05, 3.63) is 151 Å². The predicted octanol–water partition coefficient (Wildman–Crippen LogP) is 9.37. The molecule has 0 atom stereocenters. The summed E-state index contributed by atoms with van der Waals surface area (Å²) >= 11 is 0. The SMILES string of the molecule is Cc1cc(C)c(-c2cc(N[CH-]N(C)c3cccnc3C)[c-]c(N3[CH-]N(C)c4cccnc43)c2)c(C)c1.N#Cc1ccc2[n-]c3ccccc3c2c1.[Pt+4]. The number of fused-ring (bicyclic) bond motifs is 4. The minimum atomic E-state index is 0. The Hall–Kier alpha value is -5.64. The Bertz CT molecular complexity index is 2400. The largest absolute Gasteiger partial charge is 4.00 e. The fraction of sp³-hybridized carbons (Fsp3) is 0.140. The summed E-state index contributed by atoms with van der Waals surface area (Å²) in [5.41, 5.74) is 13.6. The molecule has 0 spiro atoms. The van der Waals surface area contributed by atoms with Gasteiger partial charge in [-0.25, -0.2) is 4.98 Å². The Balaban J connectivity index is 0.000000241. The molecular weight excluding hydrogens is 824 g/mol. The van der Waals surface area contributed by atoms with Crippen molar-refractivity contribution in [2.45, 2.75) is 27.7 Å². The van der Waals surface area contributed by atoms with Crippen LogP contribution < -0.4 is 25.0 Å². The maximum absolute atomic E-state index is 8.84. The molecule has 0 saturated heterocycles. The van der Waals surface area contributed by atoms with Gasteiger partial charge in [-0.3, -0.25) is 4.98 Å². The first kappa shape index (κ1) is 36.2. The molecule has 0 bridgehead atoms. The van der Waals surface area contributed by atoms with Crippen molar-refractivity contribution in [2.75, 3.05) is 34.1 Å². The summed E-state index contributed by atoms with van der Waals surface area (Å²) in [5, 5.41) is 14.5. The van der Waals surface area contributed by atoms with E-state index < -0.39 is 0 Å². The molecule has 9 heteroatoms. The maximum atomic E-state index is 8.84. The molecule has 4 heterocycles. The van der Waals surface area contributed by atoms with E-state index in [1.807, 2.05) is 93.5 Å². The molecule has 3 aromatic heterocycles. The number of hydrogen-bond donors (Lipinski definition) is 1. The number of hydrogen-bond acceptors (Lipinski definition) is 7. The van der Waals surface area contributed by atoms with Crippen molar-refractivity contribution in [3.63, 3.8) is 0 Å². The van der Waals surface area contributed by atoms with Crippen LogP contribution in [0.4, 0.5) is 28.6 Å². The van der Waals surface area contributed by atoms with Crippen molar-refractivity contribution < 1.29 is 21.1 Å².